The molecule has 0 amide bonds. The number of guanidine groups is 1. The Bertz CT molecular complexity index is 832. The Kier molecular flexibility index (Phi) is 9.55. The van der Waals surface area contributed by atoms with Crippen molar-refractivity contribution in [2.24, 2.45) is 22.4 Å². The minimum absolute atomic E-state index is 0.00545. The van der Waals surface area contributed by atoms with E-state index in [4.69, 9.17) is 30.4 Å². The minimum atomic E-state index is -1.39. The summed E-state index contributed by atoms with van der Waals surface area (Å²) >= 11 is 0. The molecule has 0 aromatic heterocycles. The number of unbranched alkanes of at least 4 members (excludes halogenated alkanes) is 1. The van der Waals surface area contributed by atoms with Crippen LogP contribution in [0.5, 0.6) is 17.2 Å². The summed E-state index contributed by atoms with van der Waals surface area (Å²) in [6.45, 7) is 0.601. The van der Waals surface area contributed by atoms with Gasteiger partial charge in [0.15, 0.2) is 17.5 Å². The predicted octanol–water partition coefficient (Wildman–Crippen LogP) is -0.122. The number of nitrogens with zero attached hydrogens (tertiary/aromatic N) is 1. The number of aliphatic imine (C=N–C) groups is 1. The molecule has 184 valence electrons. The smallest absolute Gasteiger partial charge is 0.338 e. The number of methoxy groups -OCH3 is 2. The molecule has 0 heterocycles. The summed E-state index contributed by atoms with van der Waals surface area (Å²) in [7, 11) is 2.75. The molecule has 12 heteroatoms. The van der Waals surface area contributed by atoms with Gasteiger partial charge in [-0.2, -0.15) is 0 Å². The first-order valence-electron chi connectivity index (χ1n) is 10.4. The van der Waals surface area contributed by atoms with E-state index in [1.165, 1.54) is 26.4 Å². The second-order valence-corrected chi connectivity index (χ2v) is 7.57. The molecule has 0 unspecified atom stereocenters. The molecule has 0 aliphatic heterocycles. The van der Waals surface area contributed by atoms with E-state index in [2.05, 4.69) is 4.99 Å². The van der Waals surface area contributed by atoms with Crippen molar-refractivity contribution in [3.63, 3.8) is 0 Å². The molecule has 0 saturated heterocycles. The number of hydrogen-bond acceptors (Lipinski definition) is 9. The van der Waals surface area contributed by atoms with Gasteiger partial charge < -0.3 is 45.7 Å². The number of rotatable bonds is 11. The maximum absolute atomic E-state index is 12.5. The molecular weight excluding hydrogens is 438 g/mol. The first kappa shape index (κ1) is 26.0. The van der Waals surface area contributed by atoms with Crippen LogP contribution in [-0.4, -0.2) is 78.9 Å². The van der Waals surface area contributed by atoms with Crippen LogP contribution in [0.4, 0.5) is 0 Å². The Morgan fingerprint density at radius 1 is 1.09 bits per heavy atom. The SMILES string of the molecule is COc1cc(C(=O)OCCCCN=C(N)N)cc(OC)c1O[C@H]1C[C@@H](O)[C@H](O)[C@@H](C(=O)O)C1. The third kappa shape index (κ3) is 7.12. The Hall–Kier alpha value is -3.25. The van der Waals surface area contributed by atoms with E-state index in [9.17, 15) is 24.9 Å². The Morgan fingerprint density at radius 2 is 1.73 bits per heavy atom. The summed E-state index contributed by atoms with van der Waals surface area (Å²) < 4.78 is 21.9. The van der Waals surface area contributed by atoms with Crippen molar-refractivity contribution >= 4 is 17.9 Å². The molecule has 0 spiro atoms. The average Bonchev–Trinajstić information content (AvgIpc) is 2.77. The molecule has 12 nitrogen and oxygen atoms in total. The summed E-state index contributed by atoms with van der Waals surface area (Å²) in [5, 5.41) is 29.3. The van der Waals surface area contributed by atoms with Crippen LogP contribution in [-0.2, 0) is 9.53 Å². The van der Waals surface area contributed by atoms with Gasteiger partial charge in [-0.05, 0) is 25.0 Å². The van der Waals surface area contributed by atoms with Gasteiger partial charge in [0.1, 0.15) is 6.10 Å². The molecule has 1 aliphatic rings. The van der Waals surface area contributed by atoms with Crippen molar-refractivity contribution in [3.8, 4) is 17.2 Å². The Balaban J connectivity index is 2.10. The second-order valence-electron chi connectivity index (χ2n) is 7.57. The fraction of sp³-hybridized carbons (Fsp3) is 0.571. The third-order valence-electron chi connectivity index (χ3n) is 5.21. The molecule has 7 N–H and O–H groups in total. The molecule has 2 rings (SSSR count). The van der Waals surface area contributed by atoms with Crippen LogP contribution in [0, 0.1) is 5.92 Å². The van der Waals surface area contributed by atoms with Crippen molar-refractivity contribution in [2.45, 2.75) is 44.0 Å². The van der Waals surface area contributed by atoms with Crippen molar-refractivity contribution in [3.05, 3.63) is 17.7 Å². The largest absolute Gasteiger partial charge is 0.493 e. The van der Waals surface area contributed by atoms with Gasteiger partial charge >= 0.3 is 11.9 Å². The van der Waals surface area contributed by atoms with Gasteiger partial charge in [0.2, 0.25) is 5.75 Å². The van der Waals surface area contributed by atoms with E-state index >= 15 is 0 Å². The van der Waals surface area contributed by atoms with Crippen LogP contribution >= 0.6 is 0 Å². The standard InChI is InChI=1S/C21H31N3O9/c1-30-15-7-11(20(29)32-6-4-3-5-24-21(22)23)8-16(31-2)18(15)33-12-9-13(19(27)28)17(26)14(25)10-12/h7-8,12-14,17,25-26H,3-6,9-10H2,1-2H3,(H,27,28)(H4,22,23,24)/t12-,13+,14-,17-/m1/s1. The highest BCUT2D eigenvalue weighted by atomic mass is 16.5. The molecule has 0 bridgehead atoms. The Morgan fingerprint density at radius 3 is 2.27 bits per heavy atom. The first-order valence-corrected chi connectivity index (χ1v) is 10.4. The number of aliphatic carboxylic acids is 1. The molecule has 1 fully saturated rings. The Labute approximate surface area is 191 Å². The van der Waals surface area contributed by atoms with E-state index in [1.54, 1.807) is 0 Å². The summed E-state index contributed by atoms with van der Waals surface area (Å²) in [6.07, 6.45) is -2.17. The average molecular weight is 469 g/mol. The lowest BCUT2D eigenvalue weighted by Crippen LogP contribution is -2.47. The monoisotopic (exact) mass is 469 g/mol. The number of hydrogen-bond donors (Lipinski definition) is 5. The second kappa shape index (κ2) is 12.1. The van der Waals surface area contributed by atoms with Gasteiger partial charge in [-0.25, -0.2) is 4.79 Å². The molecular formula is C21H31N3O9. The number of carbonyl (C=O) groups is 2. The zero-order valence-electron chi connectivity index (χ0n) is 18.6. The van der Waals surface area contributed by atoms with E-state index in [-0.39, 0.29) is 48.2 Å². The van der Waals surface area contributed by atoms with Gasteiger partial charge in [0.05, 0.1) is 44.5 Å². The number of benzene rings is 1. The highest BCUT2D eigenvalue weighted by molar-refractivity contribution is 5.91. The van der Waals surface area contributed by atoms with Crippen molar-refractivity contribution < 1.29 is 43.9 Å². The quantitative estimate of drug-likeness (QED) is 0.125. The van der Waals surface area contributed by atoms with Crippen LogP contribution in [0.3, 0.4) is 0 Å². The number of nitrogens with two attached hydrogens (primary N) is 2. The number of ether oxygens (including phenoxy) is 4. The predicted molar refractivity (Wildman–Crippen MR) is 117 cm³/mol. The third-order valence-corrected chi connectivity index (χ3v) is 5.21. The lowest BCUT2D eigenvalue weighted by atomic mass is 9.82. The maximum Gasteiger partial charge on any atom is 0.338 e. The van der Waals surface area contributed by atoms with Crippen LogP contribution in [0.1, 0.15) is 36.0 Å². The summed E-state index contributed by atoms with van der Waals surface area (Å²) in [4.78, 5) is 27.7. The van der Waals surface area contributed by atoms with E-state index < -0.39 is 36.2 Å². The van der Waals surface area contributed by atoms with Crippen molar-refractivity contribution in [2.75, 3.05) is 27.4 Å². The van der Waals surface area contributed by atoms with Crippen molar-refractivity contribution in [1.82, 2.24) is 0 Å². The molecule has 4 atom stereocenters. The normalized spacial score (nSPS) is 22.2. The number of carboxylic acids is 1. The number of aliphatic hydroxyl groups is 2. The zero-order chi connectivity index (χ0) is 24.5. The van der Waals surface area contributed by atoms with Gasteiger partial charge in [0, 0.05) is 19.4 Å². The number of carbonyl (C=O) groups excluding carboxylic acids is 1. The van der Waals surface area contributed by atoms with Gasteiger partial charge in [0.25, 0.3) is 0 Å². The van der Waals surface area contributed by atoms with Gasteiger partial charge in [-0.15, -0.1) is 0 Å². The molecule has 1 aromatic rings. The minimum Gasteiger partial charge on any atom is -0.493 e. The van der Waals surface area contributed by atoms with Crippen LogP contribution in [0.25, 0.3) is 0 Å². The first-order chi connectivity index (χ1) is 15.7. The van der Waals surface area contributed by atoms with Gasteiger partial charge in [-0.3, -0.25) is 9.79 Å². The summed E-state index contributed by atoms with van der Waals surface area (Å²) in [6, 6.07) is 2.84. The van der Waals surface area contributed by atoms with Crippen LogP contribution in [0.2, 0.25) is 0 Å². The highest BCUT2D eigenvalue weighted by Gasteiger charge is 2.41. The number of carboxylic acid groups (broad SMARTS) is 1. The topological polar surface area (TPSA) is 196 Å². The molecule has 1 aliphatic carbocycles. The highest BCUT2D eigenvalue weighted by Crippen LogP contribution is 2.41. The fourth-order valence-electron chi connectivity index (χ4n) is 3.49. The molecule has 1 saturated carbocycles. The molecule has 1 aromatic carbocycles. The summed E-state index contributed by atoms with van der Waals surface area (Å²) in [5.74, 6) is -2.52. The zero-order valence-corrected chi connectivity index (χ0v) is 18.6. The van der Waals surface area contributed by atoms with Crippen molar-refractivity contribution in [1.29, 1.82) is 0 Å². The van der Waals surface area contributed by atoms with E-state index in [0.717, 1.165) is 0 Å². The number of esters is 1. The van der Waals surface area contributed by atoms with Gasteiger partial charge in [-0.1, -0.05) is 0 Å². The number of aliphatic hydroxyl groups excluding tert-OH is 2. The van der Waals surface area contributed by atoms with Crippen LogP contribution < -0.4 is 25.7 Å². The lowest BCUT2D eigenvalue weighted by Gasteiger charge is -2.35. The van der Waals surface area contributed by atoms with Crippen LogP contribution in [0.15, 0.2) is 17.1 Å². The molecule has 0 radical (unpaired) electrons. The molecule has 33 heavy (non-hydrogen) atoms. The van der Waals surface area contributed by atoms with E-state index in [1.807, 2.05) is 0 Å². The fourth-order valence-corrected chi connectivity index (χ4v) is 3.49. The summed E-state index contributed by atoms with van der Waals surface area (Å²) in [5.41, 5.74) is 10.7. The lowest BCUT2D eigenvalue weighted by molar-refractivity contribution is -0.156. The maximum atomic E-state index is 12.5. The van der Waals surface area contributed by atoms with E-state index in [0.29, 0.717) is 19.4 Å².